The second-order valence-corrected chi connectivity index (χ2v) is 4.77. The van der Waals surface area contributed by atoms with Gasteiger partial charge in [-0.2, -0.15) is 4.98 Å². The summed E-state index contributed by atoms with van der Waals surface area (Å²) in [5.41, 5.74) is 0.760. The monoisotopic (exact) mass is 286 g/mol. The van der Waals surface area contributed by atoms with Gasteiger partial charge in [0.1, 0.15) is 6.04 Å². The number of hydrogen-bond acceptors (Lipinski definition) is 5. The van der Waals surface area contributed by atoms with E-state index >= 15 is 0 Å². The molecule has 0 aliphatic carbocycles. The molecule has 2 amide bonds. The molecule has 1 aromatic heterocycles. The van der Waals surface area contributed by atoms with Gasteiger partial charge >= 0.3 is 0 Å². The Morgan fingerprint density at radius 3 is 2.81 bits per heavy atom. The number of carbonyl (C=O) groups excluding carboxylic acids is 2. The van der Waals surface area contributed by atoms with E-state index in [1.165, 1.54) is 6.39 Å². The fourth-order valence-electron chi connectivity index (χ4n) is 2.29. The Balaban J connectivity index is 1.85. The number of aromatic nitrogens is 2. The van der Waals surface area contributed by atoms with Crippen molar-refractivity contribution in [2.45, 2.75) is 19.0 Å². The van der Waals surface area contributed by atoms with Crippen LogP contribution in [0.25, 0.3) is 0 Å². The highest BCUT2D eigenvalue weighted by molar-refractivity contribution is 5.90. The van der Waals surface area contributed by atoms with Crippen molar-refractivity contribution in [3.8, 4) is 0 Å². The summed E-state index contributed by atoms with van der Waals surface area (Å²) >= 11 is 0. The van der Waals surface area contributed by atoms with Crippen LogP contribution < -0.4 is 5.32 Å². The van der Waals surface area contributed by atoms with Gasteiger partial charge in [0.25, 0.3) is 0 Å². The summed E-state index contributed by atoms with van der Waals surface area (Å²) in [5, 5.41) is 6.47. The maximum absolute atomic E-state index is 12.6. The van der Waals surface area contributed by atoms with E-state index < -0.39 is 6.04 Å². The molecule has 1 saturated heterocycles. The van der Waals surface area contributed by atoms with Crippen molar-refractivity contribution in [2.24, 2.45) is 0 Å². The van der Waals surface area contributed by atoms with Crippen LogP contribution in [-0.4, -0.2) is 33.4 Å². The summed E-state index contributed by atoms with van der Waals surface area (Å²) in [6.45, 7) is 0.566. The molecule has 7 heteroatoms. The van der Waals surface area contributed by atoms with E-state index in [0.29, 0.717) is 12.4 Å². The van der Waals surface area contributed by atoms with Crippen LogP contribution in [0, 0.1) is 0 Å². The van der Waals surface area contributed by atoms with Gasteiger partial charge in [0.15, 0.2) is 5.82 Å². The van der Waals surface area contributed by atoms with Crippen molar-refractivity contribution in [1.29, 1.82) is 0 Å². The standard InChI is InChI=1S/C14H14N4O3/c19-12-6-7-18(8-11-15-9-21-17-11)14(20)13(16-12)10-4-2-1-3-5-10/h1-5,9,13H,6-8H2,(H,16,19). The van der Waals surface area contributed by atoms with E-state index in [1.54, 1.807) is 4.90 Å². The zero-order chi connectivity index (χ0) is 14.7. The molecule has 1 fully saturated rings. The third-order valence-corrected chi connectivity index (χ3v) is 3.34. The van der Waals surface area contributed by atoms with E-state index in [4.69, 9.17) is 0 Å². The predicted molar refractivity (Wildman–Crippen MR) is 71.7 cm³/mol. The highest BCUT2D eigenvalue weighted by Gasteiger charge is 2.31. The molecule has 1 N–H and O–H groups in total. The molecule has 1 aliphatic rings. The van der Waals surface area contributed by atoms with Crippen LogP contribution in [0.4, 0.5) is 0 Å². The Hall–Kier alpha value is -2.70. The quantitative estimate of drug-likeness (QED) is 0.895. The molecule has 108 valence electrons. The van der Waals surface area contributed by atoms with Crippen molar-refractivity contribution >= 4 is 11.8 Å². The number of hydrogen-bond donors (Lipinski definition) is 1. The molecule has 2 heterocycles. The first-order chi connectivity index (χ1) is 10.2. The second-order valence-electron chi connectivity index (χ2n) is 4.77. The largest absolute Gasteiger partial charge is 0.343 e. The van der Waals surface area contributed by atoms with Crippen LogP contribution in [-0.2, 0) is 16.1 Å². The molecule has 21 heavy (non-hydrogen) atoms. The van der Waals surface area contributed by atoms with Gasteiger partial charge in [0.2, 0.25) is 18.2 Å². The summed E-state index contributed by atoms with van der Waals surface area (Å²) in [7, 11) is 0. The topological polar surface area (TPSA) is 88.3 Å². The molecule has 1 atom stereocenters. The smallest absolute Gasteiger partial charge is 0.250 e. The van der Waals surface area contributed by atoms with Gasteiger partial charge in [-0.3, -0.25) is 9.59 Å². The van der Waals surface area contributed by atoms with Gasteiger partial charge in [-0.15, -0.1) is 0 Å². The van der Waals surface area contributed by atoms with Gasteiger partial charge < -0.3 is 14.7 Å². The molecule has 2 aromatic rings. The number of carbonyl (C=O) groups is 2. The van der Waals surface area contributed by atoms with Crippen LogP contribution in [0.15, 0.2) is 41.2 Å². The van der Waals surface area contributed by atoms with Crippen molar-refractivity contribution in [3.63, 3.8) is 0 Å². The molecule has 3 rings (SSSR count). The first-order valence-corrected chi connectivity index (χ1v) is 6.62. The summed E-state index contributed by atoms with van der Waals surface area (Å²) < 4.78 is 4.67. The number of rotatable bonds is 3. The SMILES string of the molecule is O=C1CCN(Cc2ncon2)C(=O)C(c2ccccc2)N1. The Morgan fingerprint density at radius 2 is 2.10 bits per heavy atom. The molecule has 1 unspecified atom stereocenters. The maximum atomic E-state index is 12.6. The first-order valence-electron chi connectivity index (χ1n) is 6.62. The lowest BCUT2D eigenvalue weighted by Gasteiger charge is -2.22. The van der Waals surface area contributed by atoms with E-state index in [9.17, 15) is 9.59 Å². The molecule has 0 bridgehead atoms. The third-order valence-electron chi connectivity index (χ3n) is 3.34. The van der Waals surface area contributed by atoms with E-state index in [-0.39, 0.29) is 24.8 Å². The Labute approximate surface area is 120 Å². The lowest BCUT2D eigenvalue weighted by Crippen LogP contribution is -2.38. The second kappa shape index (κ2) is 5.74. The number of nitrogens with zero attached hydrogens (tertiary/aromatic N) is 3. The fourth-order valence-corrected chi connectivity index (χ4v) is 2.29. The minimum atomic E-state index is -0.673. The summed E-state index contributed by atoms with van der Waals surface area (Å²) in [4.78, 5) is 29.9. The first kappa shape index (κ1) is 13.3. The molecule has 0 spiro atoms. The summed E-state index contributed by atoms with van der Waals surface area (Å²) in [5.74, 6) is 0.106. The van der Waals surface area contributed by atoms with Gasteiger partial charge in [-0.1, -0.05) is 35.5 Å². The van der Waals surface area contributed by atoms with E-state index in [2.05, 4.69) is 20.0 Å². The van der Waals surface area contributed by atoms with Gasteiger partial charge in [0.05, 0.1) is 6.54 Å². The van der Waals surface area contributed by atoms with Crippen LogP contribution in [0.1, 0.15) is 23.9 Å². The Morgan fingerprint density at radius 1 is 1.29 bits per heavy atom. The predicted octanol–water partition coefficient (Wildman–Crippen LogP) is 0.659. The lowest BCUT2D eigenvalue weighted by molar-refractivity contribution is -0.134. The molecular weight excluding hydrogens is 272 g/mol. The molecule has 0 saturated carbocycles. The number of benzene rings is 1. The van der Waals surface area contributed by atoms with Crippen molar-refractivity contribution < 1.29 is 14.1 Å². The number of amides is 2. The van der Waals surface area contributed by atoms with Crippen LogP contribution in [0.2, 0.25) is 0 Å². The highest BCUT2D eigenvalue weighted by atomic mass is 16.5. The van der Waals surface area contributed by atoms with Crippen molar-refractivity contribution in [3.05, 3.63) is 48.1 Å². The number of nitrogens with one attached hydrogen (secondary N) is 1. The van der Waals surface area contributed by atoms with Gasteiger partial charge in [-0.25, -0.2) is 0 Å². The maximum Gasteiger partial charge on any atom is 0.250 e. The van der Waals surface area contributed by atoms with Crippen LogP contribution in [0.5, 0.6) is 0 Å². The zero-order valence-corrected chi connectivity index (χ0v) is 11.2. The molecule has 0 radical (unpaired) electrons. The summed E-state index contributed by atoms with van der Waals surface area (Å²) in [6, 6.07) is 8.50. The van der Waals surface area contributed by atoms with Crippen LogP contribution >= 0.6 is 0 Å². The summed E-state index contributed by atoms with van der Waals surface area (Å²) in [6.07, 6.45) is 1.47. The zero-order valence-electron chi connectivity index (χ0n) is 11.2. The molecule has 1 aromatic carbocycles. The van der Waals surface area contributed by atoms with Crippen LogP contribution in [0.3, 0.4) is 0 Å². The molecule has 1 aliphatic heterocycles. The van der Waals surface area contributed by atoms with Crippen molar-refractivity contribution in [1.82, 2.24) is 20.4 Å². The average molecular weight is 286 g/mol. The molecular formula is C14H14N4O3. The average Bonchev–Trinajstić information content (AvgIpc) is 2.97. The third kappa shape index (κ3) is 2.91. The minimum absolute atomic E-state index is 0.146. The molecule has 7 nitrogen and oxygen atoms in total. The van der Waals surface area contributed by atoms with Crippen molar-refractivity contribution in [2.75, 3.05) is 6.54 Å². The highest BCUT2D eigenvalue weighted by Crippen LogP contribution is 2.19. The minimum Gasteiger partial charge on any atom is -0.343 e. The lowest BCUT2D eigenvalue weighted by atomic mass is 10.1. The van der Waals surface area contributed by atoms with E-state index in [1.807, 2.05) is 30.3 Å². The fraction of sp³-hybridized carbons (Fsp3) is 0.286. The van der Waals surface area contributed by atoms with Gasteiger partial charge in [0, 0.05) is 13.0 Å². The van der Waals surface area contributed by atoms with E-state index in [0.717, 1.165) is 5.56 Å². The van der Waals surface area contributed by atoms with Gasteiger partial charge in [-0.05, 0) is 5.56 Å². The normalized spacial score (nSPS) is 19.2. The Bertz CT molecular complexity index is 627. The Kier molecular flexibility index (Phi) is 3.63.